The lowest BCUT2D eigenvalue weighted by atomic mass is 10.1. The molecule has 5 heteroatoms. The highest BCUT2D eigenvalue weighted by molar-refractivity contribution is 7.09. The lowest BCUT2D eigenvalue weighted by Gasteiger charge is -2.02. The highest BCUT2D eigenvalue weighted by Gasteiger charge is 2.07. The summed E-state index contributed by atoms with van der Waals surface area (Å²) in [5.74, 6) is 0.720. The number of ether oxygens (including phenoxy) is 1. The van der Waals surface area contributed by atoms with Gasteiger partial charge >= 0.3 is 4.87 Å². The first-order chi connectivity index (χ1) is 7.69. The fourth-order valence-electron chi connectivity index (χ4n) is 1.44. The van der Waals surface area contributed by atoms with Crippen LogP contribution in [0.15, 0.2) is 29.1 Å². The summed E-state index contributed by atoms with van der Waals surface area (Å²) in [5, 5.41) is 9.44. The van der Waals surface area contributed by atoms with E-state index in [-0.39, 0.29) is 10.8 Å². The molecule has 1 aromatic heterocycles. The van der Waals surface area contributed by atoms with Crippen molar-refractivity contribution in [3.05, 3.63) is 44.4 Å². The first kappa shape index (κ1) is 10.8. The van der Waals surface area contributed by atoms with E-state index in [1.165, 1.54) is 0 Å². The number of thiazole rings is 1. The Morgan fingerprint density at radius 3 is 2.94 bits per heavy atom. The molecule has 0 aliphatic carbocycles. The van der Waals surface area contributed by atoms with Crippen LogP contribution < -0.4 is 9.61 Å². The van der Waals surface area contributed by atoms with Gasteiger partial charge in [-0.15, -0.1) is 0 Å². The molecule has 0 fully saturated rings. The summed E-state index contributed by atoms with van der Waals surface area (Å²) in [4.78, 5) is 13.7. The first-order valence-corrected chi connectivity index (χ1v) is 5.54. The van der Waals surface area contributed by atoms with Crippen molar-refractivity contribution in [3.63, 3.8) is 0 Å². The third-order valence-electron chi connectivity index (χ3n) is 2.20. The van der Waals surface area contributed by atoms with Crippen LogP contribution in [0.25, 0.3) is 0 Å². The maximum atomic E-state index is 11.0. The summed E-state index contributed by atoms with van der Waals surface area (Å²) in [6.07, 6.45) is 0.520. The molecule has 16 heavy (non-hydrogen) atoms. The van der Waals surface area contributed by atoms with E-state index in [0.29, 0.717) is 11.3 Å². The Morgan fingerprint density at radius 2 is 2.31 bits per heavy atom. The van der Waals surface area contributed by atoms with E-state index in [9.17, 15) is 9.90 Å². The number of aromatic hydroxyl groups is 1. The lowest BCUT2D eigenvalue weighted by molar-refractivity contribution is 0.414. The molecule has 0 unspecified atom stereocenters. The molecule has 84 valence electrons. The lowest BCUT2D eigenvalue weighted by Crippen LogP contribution is -1.89. The fraction of sp³-hybridized carbons (Fsp3) is 0.182. The van der Waals surface area contributed by atoms with Gasteiger partial charge in [0.25, 0.3) is 0 Å². The molecule has 0 bridgehead atoms. The zero-order valence-corrected chi connectivity index (χ0v) is 9.50. The number of aromatic amines is 1. The predicted octanol–water partition coefficient (Wildman–Crippen LogP) is 1.74. The largest absolute Gasteiger partial charge is 0.497 e. The van der Waals surface area contributed by atoms with Crippen molar-refractivity contribution in [2.24, 2.45) is 0 Å². The van der Waals surface area contributed by atoms with E-state index in [1.54, 1.807) is 7.11 Å². The van der Waals surface area contributed by atoms with Crippen molar-refractivity contribution in [1.82, 2.24) is 4.98 Å². The van der Waals surface area contributed by atoms with E-state index in [2.05, 4.69) is 4.98 Å². The summed E-state index contributed by atoms with van der Waals surface area (Å²) in [6, 6.07) is 7.53. The number of hydrogen-bond acceptors (Lipinski definition) is 4. The predicted molar refractivity (Wildman–Crippen MR) is 62.4 cm³/mol. The molecular weight excluding hydrogens is 226 g/mol. The third-order valence-corrected chi connectivity index (χ3v) is 3.07. The molecule has 2 N–H and O–H groups in total. The molecule has 0 aliphatic heterocycles. The zero-order chi connectivity index (χ0) is 11.5. The molecule has 1 heterocycles. The molecule has 0 saturated carbocycles. The van der Waals surface area contributed by atoms with Crippen LogP contribution in [0.2, 0.25) is 0 Å². The van der Waals surface area contributed by atoms with Crippen molar-refractivity contribution in [1.29, 1.82) is 0 Å². The number of benzene rings is 1. The van der Waals surface area contributed by atoms with Crippen LogP contribution in [0.4, 0.5) is 0 Å². The summed E-state index contributed by atoms with van der Waals surface area (Å²) >= 11 is 1.02. The quantitative estimate of drug-likeness (QED) is 0.854. The second-order valence-corrected chi connectivity index (χ2v) is 4.38. The Balaban J connectivity index is 2.26. The fourth-order valence-corrected chi connectivity index (χ4v) is 2.20. The van der Waals surface area contributed by atoms with Crippen molar-refractivity contribution >= 4 is 11.3 Å². The summed E-state index contributed by atoms with van der Waals surface area (Å²) < 4.78 is 5.10. The van der Waals surface area contributed by atoms with E-state index >= 15 is 0 Å². The maximum Gasteiger partial charge on any atom is 0.307 e. The molecule has 0 aliphatic rings. The molecule has 4 nitrogen and oxygen atoms in total. The second kappa shape index (κ2) is 4.40. The van der Waals surface area contributed by atoms with Gasteiger partial charge in [0.1, 0.15) is 5.75 Å². The minimum absolute atomic E-state index is 0.0437. The molecule has 0 radical (unpaired) electrons. The standard InChI is InChI=1S/C11H11NO3S/c1-15-8-4-2-3-7(5-8)6-9-10(13)12-11(14)16-9/h2-5,13H,6H2,1H3,(H,12,14). The molecule has 1 aromatic carbocycles. The van der Waals surface area contributed by atoms with Crippen LogP contribution >= 0.6 is 11.3 Å². The first-order valence-electron chi connectivity index (χ1n) is 4.73. The van der Waals surface area contributed by atoms with E-state index in [4.69, 9.17) is 4.74 Å². The number of rotatable bonds is 3. The van der Waals surface area contributed by atoms with Crippen LogP contribution in [0, 0.1) is 0 Å². The Bertz CT molecular complexity index is 544. The SMILES string of the molecule is COc1cccc(Cc2sc(=O)[nH]c2O)c1. The van der Waals surface area contributed by atoms with Crippen molar-refractivity contribution < 1.29 is 9.84 Å². The van der Waals surface area contributed by atoms with Crippen molar-refractivity contribution in [3.8, 4) is 11.6 Å². The smallest absolute Gasteiger partial charge is 0.307 e. The highest BCUT2D eigenvalue weighted by Crippen LogP contribution is 2.22. The van der Waals surface area contributed by atoms with Crippen LogP contribution in [0.3, 0.4) is 0 Å². The normalized spacial score (nSPS) is 10.3. The van der Waals surface area contributed by atoms with Crippen molar-refractivity contribution in [2.45, 2.75) is 6.42 Å². The van der Waals surface area contributed by atoms with Crippen LogP contribution in [-0.2, 0) is 6.42 Å². The average Bonchev–Trinajstić information content (AvgIpc) is 2.58. The topological polar surface area (TPSA) is 62.3 Å². The number of methoxy groups -OCH3 is 1. The summed E-state index contributed by atoms with van der Waals surface area (Å²) in [6.45, 7) is 0. The maximum absolute atomic E-state index is 11.0. The third kappa shape index (κ3) is 2.25. The van der Waals surface area contributed by atoms with E-state index in [1.807, 2.05) is 24.3 Å². The average molecular weight is 237 g/mol. The summed E-state index contributed by atoms with van der Waals surface area (Å²) in [7, 11) is 1.60. The van der Waals surface area contributed by atoms with Crippen LogP contribution in [0.5, 0.6) is 11.6 Å². The molecule has 2 aromatic rings. The van der Waals surface area contributed by atoms with E-state index < -0.39 is 0 Å². The molecule has 2 rings (SSSR count). The Morgan fingerprint density at radius 1 is 1.50 bits per heavy atom. The van der Waals surface area contributed by atoms with Gasteiger partial charge in [-0.1, -0.05) is 23.5 Å². The van der Waals surface area contributed by atoms with Crippen molar-refractivity contribution in [2.75, 3.05) is 7.11 Å². The van der Waals surface area contributed by atoms with Gasteiger partial charge in [0.15, 0.2) is 0 Å². The molecular formula is C11H11NO3S. The minimum Gasteiger partial charge on any atom is -0.497 e. The Hall–Kier alpha value is -1.75. The Kier molecular flexibility index (Phi) is 2.96. The van der Waals surface area contributed by atoms with Gasteiger partial charge in [-0.3, -0.25) is 9.78 Å². The highest BCUT2D eigenvalue weighted by atomic mass is 32.1. The Labute approximate surface area is 96.1 Å². The molecule has 0 saturated heterocycles. The van der Waals surface area contributed by atoms with Crippen LogP contribution in [-0.4, -0.2) is 17.2 Å². The number of H-pyrrole nitrogens is 1. The second-order valence-electron chi connectivity index (χ2n) is 3.31. The zero-order valence-electron chi connectivity index (χ0n) is 8.69. The molecule has 0 amide bonds. The summed E-state index contributed by atoms with van der Waals surface area (Å²) in [5.41, 5.74) is 0.991. The monoisotopic (exact) mass is 237 g/mol. The number of hydrogen-bond donors (Lipinski definition) is 2. The molecule has 0 atom stereocenters. The van der Waals surface area contributed by atoms with Crippen LogP contribution in [0.1, 0.15) is 10.4 Å². The van der Waals surface area contributed by atoms with Gasteiger partial charge in [0, 0.05) is 6.42 Å². The van der Waals surface area contributed by atoms with Gasteiger partial charge in [0.05, 0.1) is 12.0 Å². The number of aromatic nitrogens is 1. The number of nitrogens with one attached hydrogen (secondary N) is 1. The van der Waals surface area contributed by atoms with Gasteiger partial charge < -0.3 is 9.84 Å². The van der Waals surface area contributed by atoms with Gasteiger partial charge in [-0.25, -0.2) is 0 Å². The van der Waals surface area contributed by atoms with E-state index in [0.717, 1.165) is 22.6 Å². The van der Waals surface area contributed by atoms with Gasteiger partial charge in [0.2, 0.25) is 5.88 Å². The molecule has 0 spiro atoms. The van der Waals surface area contributed by atoms with Gasteiger partial charge in [-0.2, -0.15) is 0 Å². The minimum atomic E-state index is -0.240. The van der Waals surface area contributed by atoms with Gasteiger partial charge in [-0.05, 0) is 17.7 Å².